The van der Waals surface area contributed by atoms with Crippen LogP contribution in [0, 0.1) is 13.8 Å². The Balaban J connectivity index is 1.64. The van der Waals surface area contributed by atoms with E-state index in [0.29, 0.717) is 12.4 Å². The van der Waals surface area contributed by atoms with Gasteiger partial charge in [0.05, 0.1) is 29.1 Å². The van der Waals surface area contributed by atoms with Gasteiger partial charge in [0.2, 0.25) is 0 Å². The number of aromatic nitrogens is 6. The Morgan fingerprint density at radius 1 is 1.04 bits per heavy atom. The van der Waals surface area contributed by atoms with Crippen LogP contribution >= 0.6 is 11.8 Å². The number of tetrazole rings is 1. The average molecular weight is 395 g/mol. The van der Waals surface area contributed by atoms with Gasteiger partial charge in [-0.3, -0.25) is 0 Å². The van der Waals surface area contributed by atoms with Crippen LogP contribution < -0.4 is 0 Å². The first-order valence-electron chi connectivity index (χ1n) is 9.10. The summed E-state index contributed by atoms with van der Waals surface area (Å²) in [5, 5.41) is 13.3. The standard InChI is InChI=1S/C20H22N6OS/c1-14-7-6-8-15(2)19(14)26-18(22-23-24-26)13-28-20-21-16-9-4-5-10-17(16)25(20)11-12-27-3/h4-10H,11-13H2,1-3H3. The number of ether oxygens (including phenoxy) is 1. The topological polar surface area (TPSA) is 70.7 Å². The minimum Gasteiger partial charge on any atom is -0.383 e. The summed E-state index contributed by atoms with van der Waals surface area (Å²) in [7, 11) is 1.71. The van der Waals surface area contributed by atoms with Gasteiger partial charge in [-0.05, 0) is 47.5 Å². The molecular formula is C20H22N6OS. The van der Waals surface area contributed by atoms with Gasteiger partial charge >= 0.3 is 0 Å². The first kappa shape index (κ1) is 18.6. The monoisotopic (exact) mass is 394 g/mol. The molecule has 0 radical (unpaired) electrons. The molecule has 0 spiro atoms. The van der Waals surface area contributed by atoms with Crippen LogP contribution in [0.25, 0.3) is 16.7 Å². The molecule has 8 heteroatoms. The van der Waals surface area contributed by atoms with E-state index < -0.39 is 0 Å². The lowest BCUT2D eigenvalue weighted by Gasteiger charge is -2.11. The first-order chi connectivity index (χ1) is 13.7. The van der Waals surface area contributed by atoms with Crippen molar-refractivity contribution >= 4 is 22.8 Å². The smallest absolute Gasteiger partial charge is 0.169 e. The maximum absolute atomic E-state index is 5.28. The lowest BCUT2D eigenvalue weighted by molar-refractivity contribution is 0.186. The van der Waals surface area contributed by atoms with Gasteiger partial charge in [0, 0.05) is 13.7 Å². The van der Waals surface area contributed by atoms with Crippen molar-refractivity contribution in [2.75, 3.05) is 13.7 Å². The van der Waals surface area contributed by atoms with Crippen molar-refractivity contribution < 1.29 is 4.74 Å². The molecule has 0 fully saturated rings. The van der Waals surface area contributed by atoms with Crippen LogP contribution in [-0.2, 0) is 17.0 Å². The third kappa shape index (κ3) is 3.53. The third-order valence-electron chi connectivity index (χ3n) is 4.65. The second-order valence-electron chi connectivity index (χ2n) is 6.56. The van der Waals surface area contributed by atoms with Crippen LogP contribution in [-0.4, -0.2) is 43.5 Å². The van der Waals surface area contributed by atoms with Crippen LogP contribution in [0.1, 0.15) is 17.0 Å². The normalized spacial score (nSPS) is 11.4. The molecule has 0 aliphatic carbocycles. The second kappa shape index (κ2) is 8.12. The Labute approximate surface area is 167 Å². The van der Waals surface area contributed by atoms with Gasteiger partial charge in [0.25, 0.3) is 0 Å². The fourth-order valence-corrected chi connectivity index (χ4v) is 4.25. The van der Waals surface area contributed by atoms with Crippen molar-refractivity contribution in [1.82, 2.24) is 29.8 Å². The minimum absolute atomic E-state index is 0.622. The van der Waals surface area contributed by atoms with Gasteiger partial charge < -0.3 is 9.30 Å². The molecule has 0 aliphatic rings. The summed E-state index contributed by atoms with van der Waals surface area (Å²) >= 11 is 1.63. The molecule has 0 amide bonds. The summed E-state index contributed by atoms with van der Waals surface area (Å²) in [4.78, 5) is 4.80. The molecular weight excluding hydrogens is 372 g/mol. The van der Waals surface area contributed by atoms with Crippen molar-refractivity contribution in [2.45, 2.75) is 31.3 Å². The highest BCUT2D eigenvalue weighted by Gasteiger charge is 2.16. The van der Waals surface area contributed by atoms with E-state index >= 15 is 0 Å². The highest BCUT2D eigenvalue weighted by molar-refractivity contribution is 7.98. The number of rotatable bonds is 7. The molecule has 2 aromatic heterocycles. The number of nitrogens with zero attached hydrogens (tertiary/aromatic N) is 6. The van der Waals surface area contributed by atoms with E-state index in [1.165, 1.54) is 0 Å². The van der Waals surface area contributed by atoms with Crippen molar-refractivity contribution in [3.05, 3.63) is 59.4 Å². The Morgan fingerprint density at radius 3 is 2.61 bits per heavy atom. The lowest BCUT2D eigenvalue weighted by Crippen LogP contribution is -2.08. The molecule has 2 aromatic carbocycles. The largest absolute Gasteiger partial charge is 0.383 e. The number of methoxy groups -OCH3 is 1. The van der Waals surface area contributed by atoms with Crippen LogP contribution in [0.15, 0.2) is 47.6 Å². The molecule has 0 bridgehead atoms. The van der Waals surface area contributed by atoms with Crippen LogP contribution in [0.3, 0.4) is 0 Å². The molecule has 0 saturated heterocycles. The number of hydrogen-bond acceptors (Lipinski definition) is 6. The number of para-hydroxylation sites is 3. The molecule has 4 rings (SSSR count). The summed E-state index contributed by atoms with van der Waals surface area (Å²) in [6, 6.07) is 14.3. The van der Waals surface area contributed by atoms with Crippen LogP contribution in [0.2, 0.25) is 0 Å². The Kier molecular flexibility index (Phi) is 5.40. The van der Waals surface area contributed by atoms with E-state index in [0.717, 1.165) is 45.4 Å². The van der Waals surface area contributed by atoms with Gasteiger partial charge in [-0.1, -0.05) is 42.1 Å². The van der Waals surface area contributed by atoms with Gasteiger partial charge in [-0.15, -0.1) is 5.10 Å². The number of fused-ring (bicyclic) bond motifs is 1. The predicted octanol–water partition coefficient (Wildman–Crippen LogP) is 3.57. The molecule has 28 heavy (non-hydrogen) atoms. The lowest BCUT2D eigenvalue weighted by atomic mass is 10.1. The fraction of sp³-hybridized carbons (Fsp3) is 0.300. The predicted molar refractivity (Wildman–Crippen MR) is 110 cm³/mol. The van der Waals surface area contributed by atoms with Gasteiger partial charge in [0.1, 0.15) is 0 Å². The summed E-state index contributed by atoms with van der Waals surface area (Å²) < 4.78 is 9.30. The quantitative estimate of drug-likeness (QED) is 0.446. The number of hydrogen-bond donors (Lipinski definition) is 0. The maximum Gasteiger partial charge on any atom is 0.169 e. The number of aryl methyl sites for hydroxylation is 2. The molecule has 0 aliphatic heterocycles. The summed E-state index contributed by atoms with van der Waals surface area (Å²) in [5.41, 5.74) is 5.42. The highest BCUT2D eigenvalue weighted by atomic mass is 32.2. The van der Waals surface area contributed by atoms with Crippen molar-refractivity contribution in [1.29, 1.82) is 0 Å². The summed E-state index contributed by atoms with van der Waals surface area (Å²) in [6.45, 7) is 5.53. The zero-order chi connectivity index (χ0) is 19.5. The Bertz CT molecular complexity index is 1080. The molecule has 0 N–H and O–H groups in total. The maximum atomic E-state index is 5.28. The molecule has 7 nitrogen and oxygen atoms in total. The molecule has 0 saturated carbocycles. The van der Waals surface area contributed by atoms with E-state index in [-0.39, 0.29) is 0 Å². The summed E-state index contributed by atoms with van der Waals surface area (Å²) in [5.74, 6) is 1.42. The first-order valence-corrected chi connectivity index (χ1v) is 10.1. The second-order valence-corrected chi connectivity index (χ2v) is 7.51. The third-order valence-corrected chi connectivity index (χ3v) is 5.63. The van der Waals surface area contributed by atoms with E-state index in [9.17, 15) is 0 Å². The summed E-state index contributed by atoms with van der Waals surface area (Å²) in [6.07, 6.45) is 0. The molecule has 144 valence electrons. The average Bonchev–Trinajstić information content (AvgIpc) is 3.29. The van der Waals surface area contributed by atoms with E-state index in [1.54, 1.807) is 18.9 Å². The van der Waals surface area contributed by atoms with E-state index in [1.807, 2.05) is 28.9 Å². The van der Waals surface area contributed by atoms with Gasteiger partial charge in [-0.25, -0.2) is 4.98 Å². The van der Waals surface area contributed by atoms with Crippen LogP contribution in [0.5, 0.6) is 0 Å². The van der Waals surface area contributed by atoms with Gasteiger partial charge in [0.15, 0.2) is 11.0 Å². The van der Waals surface area contributed by atoms with Gasteiger partial charge in [-0.2, -0.15) is 4.68 Å². The van der Waals surface area contributed by atoms with E-state index in [4.69, 9.17) is 9.72 Å². The number of benzene rings is 2. The zero-order valence-corrected chi connectivity index (χ0v) is 17.0. The molecule has 2 heterocycles. The fourth-order valence-electron chi connectivity index (χ4n) is 3.30. The van der Waals surface area contributed by atoms with Crippen LogP contribution in [0.4, 0.5) is 0 Å². The van der Waals surface area contributed by atoms with Crippen molar-refractivity contribution in [2.24, 2.45) is 0 Å². The molecule has 4 aromatic rings. The Hall–Kier alpha value is -2.71. The SMILES string of the molecule is COCCn1c(SCc2nnnn2-c2c(C)cccc2C)nc2ccccc21. The van der Waals surface area contributed by atoms with Crippen molar-refractivity contribution in [3.8, 4) is 5.69 Å². The van der Waals surface area contributed by atoms with E-state index in [2.05, 4.69) is 52.1 Å². The number of imidazole rings is 1. The molecule has 0 unspecified atom stereocenters. The highest BCUT2D eigenvalue weighted by Crippen LogP contribution is 2.27. The Morgan fingerprint density at radius 2 is 1.82 bits per heavy atom. The zero-order valence-electron chi connectivity index (χ0n) is 16.2. The van der Waals surface area contributed by atoms with Crippen molar-refractivity contribution in [3.63, 3.8) is 0 Å². The molecule has 0 atom stereocenters. The minimum atomic E-state index is 0.622. The number of thioether (sulfide) groups is 1.